The zero-order valence-electron chi connectivity index (χ0n) is 6.76. The van der Waals surface area contributed by atoms with Gasteiger partial charge >= 0.3 is 0 Å². The molecule has 0 radical (unpaired) electrons. The van der Waals surface area contributed by atoms with Crippen LogP contribution in [-0.2, 0) is 0 Å². The van der Waals surface area contributed by atoms with Crippen LogP contribution in [0.3, 0.4) is 0 Å². The highest BCUT2D eigenvalue weighted by atomic mass is 31.2. The molecule has 5 nitrogen and oxygen atoms in total. The molecule has 0 bridgehead atoms. The highest BCUT2D eigenvalue weighted by molar-refractivity contribution is 7.61. The van der Waals surface area contributed by atoms with E-state index in [9.17, 15) is 19.6 Å². The molecule has 7 heteroatoms. The molecular formula is C5H10O5P2-4. The van der Waals surface area contributed by atoms with Crippen LogP contribution in [0.1, 0.15) is 20.3 Å². The van der Waals surface area contributed by atoms with Crippen LogP contribution < -0.4 is 19.6 Å². The molecule has 0 amide bonds. The van der Waals surface area contributed by atoms with Crippen molar-refractivity contribution in [2.45, 2.75) is 31.3 Å². The average molecular weight is 212 g/mol. The van der Waals surface area contributed by atoms with Crippen molar-refractivity contribution in [3.8, 4) is 0 Å². The van der Waals surface area contributed by atoms with E-state index in [4.69, 9.17) is 5.11 Å². The number of hydrogen-bond acceptors (Lipinski definition) is 5. The van der Waals surface area contributed by atoms with Gasteiger partial charge < -0.3 is 41.4 Å². The fourth-order valence-electron chi connectivity index (χ4n) is 0.673. The predicted molar refractivity (Wildman–Crippen MR) is 38.5 cm³/mol. The van der Waals surface area contributed by atoms with Crippen LogP contribution in [0.4, 0.5) is 0 Å². The first-order valence-corrected chi connectivity index (χ1v) is 5.73. The second kappa shape index (κ2) is 4.77. The van der Waals surface area contributed by atoms with Crippen LogP contribution in [0.5, 0.6) is 0 Å². The molecule has 0 aliphatic rings. The first kappa shape index (κ1) is 12.7. The Labute approximate surface area is 73.5 Å². The van der Waals surface area contributed by atoms with Crippen LogP contribution in [0.25, 0.3) is 0 Å². The predicted octanol–water partition coefficient (Wildman–Crippen LogP) is -2.46. The molecule has 0 aromatic carbocycles. The van der Waals surface area contributed by atoms with Crippen molar-refractivity contribution in [1.29, 1.82) is 0 Å². The summed E-state index contributed by atoms with van der Waals surface area (Å²) in [6, 6.07) is 0. The Balaban J connectivity index is 4.15. The number of aliphatic hydroxyl groups is 1. The third-order valence-electron chi connectivity index (χ3n) is 1.17. The maximum atomic E-state index is 10.4. The number of hydrogen-bond donors (Lipinski definition) is 1. The second-order valence-corrected chi connectivity index (χ2v) is 5.86. The minimum atomic E-state index is -3.02. The highest BCUT2D eigenvalue weighted by Gasteiger charge is 2.16. The summed E-state index contributed by atoms with van der Waals surface area (Å²) in [6.45, 7) is 2.72. The van der Waals surface area contributed by atoms with Crippen LogP contribution in [0.2, 0.25) is 0 Å². The van der Waals surface area contributed by atoms with Crippen molar-refractivity contribution in [1.82, 2.24) is 0 Å². The summed E-state index contributed by atoms with van der Waals surface area (Å²) >= 11 is 0. The van der Waals surface area contributed by atoms with E-state index in [1.54, 1.807) is 0 Å². The highest BCUT2D eigenvalue weighted by Crippen LogP contribution is 2.43. The summed E-state index contributed by atoms with van der Waals surface area (Å²) < 4.78 is 0. The lowest BCUT2D eigenvalue weighted by Gasteiger charge is -2.53. The second-order valence-electron chi connectivity index (χ2n) is 3.07. The first-order valence-electron chi connectivity index (χ1n) is 3.23. The third kappa shape index (κ3) is 5.33. The van der Waals surface area contributed by atoms with E-state index in [0.717, 1.165) is 0 Å². The van der Waals surface area contributed by atoms with Gasteiger partial charge in [-0.15, -0.1) is 0 Å². The minimum absolute atomic E-state index is 0.287. The van der Waals surface area contributed by atoms with Gasteiger partial charge in [-0.05, 0) is 20.3 Å². The van der Waals surface area contributed by atoms with Crippen LogP contribution in [0.15, 0.2) is 0 Å². The quantitative estimate of drug-likeness (QED) is 0.519. The van der Waals surface area contributed by atoms with Gasteiger partial charge in [0.1, 0.15) is 0 Å². The van der Waals surface area contributed by atoms with E-state index in [2.05, 4.69) is 0 Å². The summed E-state index contributed by atoms with van der Waals surface area (Å²) in [7, 11) is -6.05. The molecule has 0 rings (SSSR count). The molecule has 0 heterocycles. The molecule has 0 spiro atoms. The average Bonchev–Trinajstić information content (AvgIpc) is 1.79. The van der Waals surface area contributed by atoms with E-state index in [0.29, 0.717) is 0 Å². The van der Waals surface area contributed by atoms with Crippen LogP contribution >= 0.6 is 16.8 Å². The molecule has 74 valence electrons. The standard InChI is InChI=1S/C5H10O5P2/c1-5(2,6)3-4(11(7)8)12(9)10/h4,6H,3H2,1-2H3/q-4. The lowest BCUT2D eigenvalue weighted by molar-refractivity contribution is -0.308. The molecule has 0 saturated heterocycles. The fraction of sp³-hybridized carbons (Fsp3) is 1.00. The normalized spacial score (nSPS) is 13.5. The summed E-state index contributed by atoms with van der Waals surface area (Å²) in [5.41, 5.74) is -1.28. The van der Waals surface area contributed by atoms with Gasteiger partial charge in [-0.25, -0.2) is 0 Å². The van der Waals surface area contributed by atoms with Crippen LogP contribution in [0, 0.1) is 0 Å². The monoisotopic (exact) mass is 212 g/mol. The molecule has 0 aromatic rings. The van der Waals surface area contributed by atoms with E-state index in [1.807, 2.05) is 0 Å². The Kier molecular flexibility index (Phi) is 5.04. The maximum absolute atomic E-state index is 10.4. The molecule has 1 N–H and O–H groups in total. The third-order valence-corrected chi connectivity index (χ3v) is 3.64. The van der Waals surface area contributed by atoms with Gasteiger partial charge in [-0.1, -0.05) is 5.40 Å². The van der Waals surface area contributed by atoms with Gasteiger partial charge in [0.25, 0.3) is 0 Å². The van der Waals surface area contributed by atoms with Gasteiger partial charge in [0.2, 0.25) is 0 Å². The minimum Gasteiger partial charge on any atom is -0.841 e. The van der Waals surface area contributed by atoms with E-state index in [-0.39, 0.29) is 6.42 Å². The molecule has 12 heavy (non-hydrogen) atoms. The van der Waals surface area contributed by atoms with E-state index in [1.165, 1.54) is 13.8 Å². The molecule has 0 atom stereocenters. The largest absolute Gasteiger partial charge is 0.841 e. The summed E-state index contributed by atoms with van der Waals surface area (Å²) in [6.07, 6.45) is -0.287. The Bertz CT molecular complexity index is 124. The van der Waals surface area contributed by atoms with E-state index >= 15 is 0 Å². The molecule has 0 unspecified atom stereocenters. The summed E-state index contributed by atoms with van der Waals surface area (Å²) in [5.74, 6) is 0. The van der Waals surface area contributed by atoms with E-state index < -0.39 is 27.8 Å². The zero-order valence-corrected chi connectivity index (χ0v) is 8.55. The van der Waals surface area contributed by atoms with Gasteiger partial charge in [-0.3, -0.25) is 0 Å². The van der Waals surface area contributed by atoms with Gasteiger partial charge in [0.05, 0.1) is 5.60 Å². The lowest BCUT2D eigenvalue weighted by Crippen LogP contribution is -2.34. The Morgan fingerprint density at radius 1 is 1.17 bits per heavy atom. The number of rotatable bonds is 4. The molecule has 0 aromatic heterocycles. The fourth-order valence-corrected chi connectivity index (χ4v) is 2.48. The molecule has 0 aliphatic heterocycles. The van der Waals surface area contributed by atoms with Crippen molar-refractivity contribution in [2.24, 2.45) is 0 Å². The van der Waals surface area contributed by atoms with Crippen molar-refractivity contribution in [2.75, 3.05) is 0 Å². The Hall–Kier alpha value is 0.660. The lowest BCUT2D eigenvalue weighted by atomic mass is 10.1. The van der Waals surface area contributed by atoms with Crippen molar-refractivity contribution >= 4 is 16.8 Å². The SMILES string of the molecule is CC(C)(O)CC(P([O-])[O-])P([O-])[O-]. The molecule has 0 fully saturated rings. The molecule has 0 saturated carbocycles. The topological polar surface area (TPSA) is 112 Å². The Morgan fingerprint density at radius 2 is 1.50 bits per heavy atom. The van der Waals surface area contributed by atoms with Crippen molar-refractivity contribution in [3.05, 3.63) is 0 Å². The van der Waals surface area contributed by atoms with Gasteiger partial charge in [0, 0.05) is 0 Å². The van der Waals surface area contributed by atoms with Crippen molar-refractivity contribution in [3.63, 3.8) is 0 Å². The van der Waals surface area contributed by atoms with Gasteiger partial charge in [0.15, 0.2) is 0 Å². The Morgan fingerprint density at radius 3 is 1.58 bits per heavy atom. The molecule has 0 aliphatic carbocycles. The zero-order chi connectivity index (χ0) is 9.94. The van der Waals surface area contributed by atoms with Crippen molar-refractivity contribution < 1.29 is 24.7 Å². The summed E-state index contributed by atoms with van der Waals surface area (Å²) in [4.78, 5) is 41.4. The molecular weight excluding hydrogens is 202 g/mol. The summed E-state index contributed by atoms with van der Waals surface area (Å²) in [5, 5.41) is 7.69. The maximum Gasteiger partial charge on any atom is 0.0599 e. The van der Waals surface area contributed by atoms with Gasteiger partial charge in [-0.2, -0.15) is 0 Å². The first-order chi connectivity index (χ1) is 5.24. The smallest absolute Gasteiger partial charge is 0.0599 e. The van der Waals surface area contributed by atoms with Crippen LogP contribution in [-0.4, -0.2) is 16.1 Å².